The van der Waals surface area contributed by atoms with Gasteiger partial charge in [-0.1, -0.05) is 12.1 Å². The van der Waals surface area contributed by atoms with E-state index < -0.39 is 14.9 Å². The van der Waals surface area contributed by atoms with Gasteiger partial charge in [-0.15, -0.1) is 0 Å². The van der Waals surface area contributed by atoms with Gasteiger partial charge < -0.3 is 20.1 Å². The van der Waals surface area contributed by atoms with Crippen molar-refractivity contribution in [1.82, 2.24) is 0 Å². The first-order valence-corrected chi connectivity index (χ1v) is 11.3. The lowest BCUT2D eigenvalue weighted by molar-refractivity contribution is -0.383. The van der Waals surface area contributed by atoms with Gasteiger partial charge in [0.05, 0.1) is 29.7 Å². The summed E-state index contributed by atoms with van der Waals surface area (Å²) in [5, 5.41) is 16.9. The van der Waals surface area contributed by atoms with Crippen LogP contribution in [0, 0.1) is 10.1 Å². The van der Waals surface area contributed by atoms with E-state index in [0.29, 0.717) is 17.1 Å². The standard InChI is InChI=1S/C21H20N4O6S2/c1-30-15-9-7-14(8-10-15)24-33(28,29)16-11-12-18(20(13-16)31-2)23-21(32)22-17-5-3-4-6-19(17)25(26)27/h3-13,24H,1-2H3,(H2,22,23,32). The van der Waals surface area contributed by atoms with Crippen LogP contribution in [-0.2, 0) is 10.0 Å². The summed E-state index contributed by atoms with van der Waals surface area (Å²) in [5.74, 6) is 0.805. The first-order chi connectivity index (χ1) is 15.7. The lowest BCUT2D eigenvalue weighted by Gasteiger charge is -2.15. The van der Waals surface area contributed by atoms with Crippen LogP contribution in [-0.4, -0.2) is 32.7 Å². The van der Waals surface area contributed by atoms with Gasteiger partial charge in [0, 0.05) is 17.8 Å². The SMILES string of the molecule is COc1ccc(NS(=O)(=O)c2ccc(NC(=S)Nc3ccccc3[N+](=O)[O-])c(OC)c2)cc1. The van der Waals surface area contributed by atoms with Crippen molar-refractivity contribution < 1.29 is 22.8 Å². The van der Waals surface area contributed by atoms with E-state index in [-0.39, 0.29) is 27.1 Å². The molecular weight excluding hydrogens is 468 g/mol. The molecule has 3 aromatic rings. The Morgan fingerprint density at radius 2 is 1.61 bits per heavy atom. The third-order valence-electron chi connectivity index (χ3n) is 4.42. The van der Waals surface area contributed by atoms with Crippen molar-refractivity contribution >= 4 is 50.1 Å². The van der Waals surface area contributed by atoms with Crippen LogP contribution in [0.5, 0.6) is 11.5 Å². The minimum absolute atomic E-state index is 0.0294. The van der Waals surface area contributed by atoms with Crippen LogP contribution < -0.4 is 24.8 Å². The van der Waals surface area contributed by atoms with Crippen molar-refractivity contribution in [2.24, 2.45) is 0 Å². The summed E-state index contributed by atoms with van der Waals surface area (Å²) >= 11 is 5.24. The van der Waals surface area contributed by atoms with E-state index in [0.717, 1.165) is 0 Å². The summed E-state index contributed by atoms with van der Waals surface area (Å²) < 4.78 is 38.4. The smallest absolute Gasteiger partial charge is 0.292 e. The number of hydrogen-bond donors (Lipinski definition) is 3. The molecule has 0 aliphatic rings. The topological polar surface area (TPSA) is 132 Å². The summed E-state index contributed by atoms with van der Waals surface area (Å²) in [5.41, 5.74) is 0.810. The van der Waals surface area contributed by atoms with E-state index in [1.807, 2.05) is 0 Å². The maximum Gasteiger partial charge on any atom is 0.292 e. The van der Waals surface area contributed by atoms with Crippen molar-refractivity contribution in [3.63, 3.8) is 0 Å². The molecule has 0 aliphatic heterocycles. The van der Waals surface area contributed by atoms with E-state index in [9.17, 15) is 18.5 Å². The fraction of sp³-hybridized carbons (Fsp3) is 0.0952. The molecule has 0 radical (unpaired) electrons. The number of hydrogen-bond acceptors (Lipinski definition) is 7. The van der Waals surface area contributed by atoms with Crippen molar-refractivity contribution in [2.45, 2.75) is 4.90 Å². The molecule has 10 nitrogen and oxygen atoms in total. The molecule has 0 heterocycles. The molecule has 0 unspecified atom stereocenters. The van der Waals surface area contributed by atoms with Gasteiger partial charge in [-0.25, -0.2) is 8.42 Å². The molecule has 0 bridgehead atoms. The van der Waals surface area contributed by atoms with Gasteiger partial charge >= 0.3 is 0 Å². The molecule has 3 aromatic carbocycles. The molecule has 3 N–H and O–H groups in total. The summed E-state index contributed by atoms with van der Waals surface area (Å²) in [7, 11) is -0.998. The number of methoxy groups -OCH3 is 2. The van der Waals surface area contributed by atoms with Gasteiger partial charge in [0.1, 0.15) is 17.2 Å². The molecule has 0 amide bonds. The van der Waals surface area contributed by atoms with E-state index >= 15 is 0 Å². The third-order valence-corrected chi connectivity index (χ3v) is 6.01. The predicted molar refractivity (Wildman–Crippen MR) is 130 cm³/mol. The number of nitro groups is 1. The number of para-hydroxylation sites is 2. The van der Waals surface area contributed by atoms with Crippen LogP contribution in [0.3, 0.4) is 0 Å². The molecular formula is C21H20N4O6S2. The maximum atomic E-state index is 12.8. The highest BCUT2D eigenvalue weighted by Gasteiger charge is 2.18. The van der Waals surface area contributed by atoms with Crippen molar-refractivity contribution in [1.29, 1.82) is 0 Å². The molecule has 0 aromatic heterocycles. The first-order valence-electron chi connectivity index (χ1n) is 9.40. The molecule has 0 spiro atoms. The minimum Gasteiger partial charge on any atom is -0.497 e. The zero-order valence-electron chi connectivity index (χ0n) is 17.6. The number of thiocarbonyl (C=S) groups is 1. The number of rotatable bonds is 8. The summed E-state index contributed by atoms with van der Waals surface area (Å²) in [4.78, 5) is 10.6. The fourth-order valence-electron chi connectivity index (χ4n) is 2.83. The van der Waals surface area contributed by atoms with Crippen molar-refractivity contribution in [2.75, 3.05) is 29.6 Å². The van der Waals surface area contributed by atoms with Crippen LogP contribution in [0.25, 0.3) is 0 Å². The number of nitrogens with one attached hydrogen (secondary N) is 3. The fourth-order valence-corrected chi connectivity index (χ4v) is 4.12. The Morgan fingerprint density at radius 1 is 0.939 bits per heavy atom. The highest BCUT2D eigenvalue weighted by molar-refractivity contribution is 7.92. The van der Waals surface area contributed by atoms with Crippen LogP contribution >= 0.6 is 12.2 Å². The second kappa shape index (κ2) is 10.1. The highest BCUT2D eigenvalue weighted by atomic mass is 32.2. The normalized spacial score (nSPS) is 10.7. The number of benzene rings is 3. The van der Waals surface area contributed by atoms with Gasteiger partial charge in [0.25, 0.3) is 15.7 Å². The Balaban J connectivity index is 1.77. The van der Waals surface area contributed by atoms with Crippen LogP contribution in [0.1, 0.15) is 0 Å². The summed E-state index contributed by atoms with van der Waals surface area (Å²) in [6.45, 7) is 0. The minimum atomic E-state index is -3.90. The predicted octanol–water partition coefficient (Wildman–Crippen LogP) is 4.22. The lowest BCUT2D eigenvalue weighted by atomic mass is 10.2. The number of anilines is 3. The van der Waals surface area contributed by atoms with Crippen molar-refractivity contribution in [3.05, 3.63) is 76.8 Å². The lowest BCUT2D eigenvalue weighted by Crippen LogP contribution is -2.20. The summed E-state index contributed by atoms with van der Waals surface area (Å²) in [6, 6.07) is 16.7. The van der Waals surface area contributed by atoms with Crippen LogP contribution in [0.2, 0.25) is 0 Å². The van der Waals surface area contributed by atoms with E-state index in [2.05, 4.69) is 15.4 Å². The van der Waals surface area contributed by atoms with Gasteiger partial charge in [0.15, 0.2) is 5.11 Å². The van der Waals surface area contributed by atoms with Crippen molar-refractivity contribution in [3.8, 4) is 11.5 Å². The summed E-state index contributed by atoms with van der Waals surface area (Å²) in [6.07, 6.45) is 0. The van der Waals surface area contributed by atoms with Crippen LogP contribution in [0.15, 0.2) is 71.6 Å². The van der Waals surface area contributed by atoms with Gasteiger partial charge in [-0.2, -0.15) is 0 Å². The molecule has 12 heteroatoms. The average Bonchev–Trinajstić information content (AvgIpc) is 2.79. The van der Waals surface area contributed by atoms with E-state index in [1.54, 1.807) is 36.4 Å². The number of nitrogens with zero attached hydrogens (tertiary/aromatic N) is 1. The largest absolute Gasteiger partial charge is 0.497 e. The van der Waals surface area contributed by atoms with E-state index in [4.69, 9.17) is 21.7 Å². The third kappa shape index (κ3) is 5.87. The van der Waals surface area contributed by atoms with Gasteiger partial charge in [0.2, 0.25) is 0 Å². The zero-order valence-corrected chi connectivity index (χ0v) is 19.2. The Kier molecular flexibility index (Phi) is 7.30. The molecule has 0 fully saturated rings. The molecule has 33 heavy (non-hydrogen) atoms. The van der Waals surface area contributed by atoms with E-state index in [1.165, 1.54) is 44.6 Å². The monoisotopic (exact) mass is 488 g/mol. The molecule has 3 rings (SSSR count). The molecule has 0 saturated heterocycles. The Bertz CT molecular complexity index is 1280. The zero-order chi connectivity index (χ0) is 24.0. The molecule has 0 atom stereocenters. The highest BCUT2D eigenvalue weighted by Crippen LogP contribution is 2.30. The Labute approximate surface area is 195 Å². The molecule has 0 saturated carbocycles. The van der Waals surface area contributed by atoms with Crippen LogP contribution in [0.4, 0.5) is 22.7 Å². The average molecular weight is 489 g/mol. The number of sulfonamides is 1. The number of nitro benzene ring substituents is 1. The molecule has 172 valence electrons. The second-order valence-corrected chi connectivity index (χ2v) is 8.64. The second-order valence-electron chi connectivity index (χ2n) is 6.55. The van der Waals surface area contributed by atoms with Gasteiger partial charge in [-0.05, 0) is 54.7 Å². The van der Waals surface area contributed by atoms with Gasteiger partial charge in [-0.3, -0.25) is 14.8 Å². The Morgan fingerprint density at radius 3 is 2.24 bits per heavy atom. The quantitative estimate of drug-likeness (QED) is 0.242. The number of ether oxygens (including phenoxy) is 2. The first kappa shape index (κ1) is 23.8. The maximum absolute atomic E-state index is 12.8. The Hall–Kier alpha value is -3.90. The molecule has 0 aliphatic carbocycles.